The molecule has 25 heavy (non-hydrogen) atoms. The molecule has 3 heterocycles. The molecule has 1 unspecified atom stereocenters. The molecule has 1 aliphatic rings. The molecule has 1 amide bonds. The van der Waals surface area contributed by atoms with Gasteiger partial charge in [0.25, 0.3) is 0 Å². The number of hydrogen-bond acceptors (Lipinski definition) is 5. The molecule has 2 aromatic rings. The molecule has 6 nitrogen and oxygen atoms in total. The number of carbonyl (C=O) groups is 1. The lowest BCUT2D eigenvalue weighted by atomic mass is 10.1. The second-order valence-corrected chi connectivity index (χ2v) is 7.09. The zero-order valence-electron chi connectivity index (χ0n) is 15.2. The Kier molecular flexibility index (Phi) is 5.48. The Morgan fingerprint density at radius 3 is 3.00 bits per heavy atom. The number of likely N-dealkylation sites (tertiary alicyclic amines) is 1. The summed E-state index contributed by atoms with van der Waals surface area (Å²) in [5.41, 5.74) is 1.98. The van der Waals surface area contributed by atoms with Gasteiger partial charge in [-0.3, -0.25) is 14.7 Å². The molecule has 1 fully saturated rings. The quantitative estimate of drug-likeness (QED) is 0.807. The number of hydrogen-bond donors (Lipinski definition) is 0. The summed E-state index contributed by atoms with van der Waals surface area (Å²) in [7, 11) is 1.96. The summed E-state index contributed by atoms with van der Waals surface area (Å²) in [4.78, 5) is 20.9. The summed E-state index contributed by atoms with van der Waals surface area (Å²) in [6.07, 6.45) is 5.55. The van der Waals surface area contributed by atoms with E-state index < -0.39 is 0 Å². The van der Waals surface area contributed by atoms with E-state index in [0.717, 1.165) is 36.4 Å². The van der Waals surface area contributed by atoms with Crippen molar-refractivity contribution in [2.24, 2.45) is 0 Å². The van der Waals surface area contributed by atoms with Gasteiger partial charge >= 0.3 is 0 Å². The molecule has 2 aromatic heterocycles. The third-order valence-electron chi connectivity index (χ3n) is 4.61. The van der Waals surface area contributed by atoms with Gasteiger partial charge in [0.05, 0.1) is 12.6 Å². The summed E-state index contributed by atoms with van der Waals surface area (Å²) < 4.78 is 5.42. The third kappa shape index (κ3) is 4.25. The van der Waals surface area contributed by atoms with Crippen molar-refractivity contribution < 1.29 is 9.32 Å². The summed E-state index contributed by atoms with van der Waals surface area (Å²) in [5, 5.41) is 4.21. The number of nitrogens with zero attached hydrogens (tertiary/aromatic N) is 4. The van der Waals surface area contributed by atoms with Crippen molar-refractivity contribution in [3.8, 4) is 0 Å². The van der Waals surface area contributed by atoms with Crippen molar-refractivity contribution in [3.63, 3.8) is 0 Å². The van der Waals surface area contributed by atoms with Gasteiger partial charge in [0.2, 0.25) is 5.91 Å². The molecule has 6 heteroatoms. The van der Waals surface area contributed by atoms with E-state index in [1.54, 1.807) is 6.20 Å². The predicted octanol–water partition coefficient (Wildman–Crippen LogP) is 2.99. The lowest BCUT2D eigenvalue weighted by Gasteiger charge is -2.26. The molecule has 0 aromatic carbocycles. The van der Waals surface area contributed by atoms with Gasteiger partial charge in [-0.1, -0.05) is 25.1 Å². The predicted molar refractivity (Wildman–Crippen MR) is 94.9 cm³/mol. The van der Waals surface area contributed by atoms with E-state index in [4.69, 9.17) is 4.52 Å². The molecule has 0 N–H and O–H groups in total. The van der Waals surface area contributed by atoms with Crippen LogP contribution in [0.1, 0.15) is 55.7 Å². The Hall–Kier alpha value is -2.21. The minimum Gasteiger partial charge on any atom is -0.361 e. The lowest BCUT2D eigenvalue weighted by Crippen LogP contribution is -2.38. The maximum atomic E-state index is 12.8. The Bertz CT molecular complexity index is 698. The van der Waals surface area contributed by atoms with Crippen LogP contribution >= 0.6 is 0 Å². The Balaban J connectivity index is 1.62. The Morgan fingerprint density at radius 1 is 1.48 bits per heavy atom. The highest BCUT2D eigenvalue weighted by Crippen LogP contribution is 2.32. The minimum atomic E-state index is 0.0375. The first-order chi connectivity index (χ1) is 12.0. The topological polar surface area (TPSA) is 62.5 Å². The van der Waals surface area contributed by atoms with Crippen LogP contribution in [-0.2, 0) is 11.3 Å². The van der Waals surface area contributed by atoms with Crippen LogP contribution in [0.15, 0.2) is 35.1 Å². The molecule has 134 valence electrons. The van der Waals surface area contributed by atoms with Crippen molar-refractivity contribution in [1.82, 2.24) is 19.9 Å². The first kappa shape index (κ1) is 17.6. The van der Waals surface area contributed by atoms with Crippen LogP contribution in [0.25, 0.3) is 0 Å². The normalized spacial score (nSPS) is 17.6. The van der Waals surface area contributed by atoms with E-state index in [-0.39, 0.29) is 11.9 Å². The average Bonchev–Trinajstić information content (AvgIpc) is 3.24. The number of aromatic nitrogens is 2. The van der Waals surface area contributed by atoms with Gasteiger partial charge in [0.15, 0.2) is 0 Å². The first-order valence-electron chi connectivity index (χ1n) is 8.88. The van der Waals surface area contributed by atoms with Crippen LogP contribution < -0.4 is 0 Å². The largest absolute Gasteiger partial charge is 0.361 e. The summed E-state index contributed by atoms with van der Waals surface area (Å²) in [6.45, 7) is 6.04. The molecule has 3 rings (SSSR count). The van der Waals surface area contributed by atoms with E-state index in [9.17, 15) is 4.79 Å². The Morgan fingerprint density at radius 2 is 2.32 bits per heavy atom. The molecular weight excluding hydrogens is 316 g/mol. The lowest BCUT2D eigenvalue weighted by molar-refractivity contribution is -0.133. The summed E-state index contributed by atoms with van der Waals surface area (Å²) in [6, 6.07) is 5.98. The van der Waals surface area contributed by atoms with Crippen LogP contribution in [0.5, 0.6) is 0 Å². The molecule has 0 spiro atoms. The third-order valence-corrected chi connectivity index (χ3v) is 4.61. The minimum absolute atomic E-state index is 0.0375. The number of rotatable bonds is 6. The SMILES string of the molecule is CC(C)c1cc(C2CCCN2C(=O)CN(C)Cc2cccnc2)no1. The summed E-state index contributed by atoms with van der Waals surface area (Å²) in [5.74, 6) is 1.32. The molecule has 0 aliphatic carbocycles. The molecule has 0 saturated carbocycles. The molecular formula is C19H26N4O2. The van der Waals surface area contributed by atoms with E-state index in [1.165, 1.54) is 0 Å². The van der Waals surface area contributed by atoms with Gasteiger partial charge in [-0.05, 0) is 31.5 Å². The fourth-order valence-electron chi connectivity index (χ4n) is 3.29. The van der Waals surface area contributed by atoms with Gasteiger partial charge < -0.3 is 9.42 Å². The zero-order chi connectivity index (χ0) is 17.8. The molecule has 0 radical (unpaired) electrons. The number of amides is 1. The van der Waals surface area contributed by atoms with Gasteiger partial charge in [-0.2, -0.15) is 0 Å². The zero-order valence-corrected chi connectivity index (χ0v) is 15.2. The van der Waals surface area contributed by atoms with Gasteiger partial charge in [0, 0.05) is 37.5 Å². The number of carbonyl (C=O) groups excluding carboxylic acids is 1. The maximum absolute atomic E-state index is 12.8. The van der Waals surface area contributed by atoms with Crippen molar-refractivity contribution in [1.29, 1.82) is 0 Å². The Labute approximate surface area is 148 Å². The van der Waals surface area contributed by atoms with E-state index in [0.29, 0.717) is 19.0 Å². The van der Waals surface area contributed by atoms with Gasteiger partial charge in [0.1, 0.15) is 11.5 Å². The maximum Gasteiger partial charge on any atom is 0.237 e. The van der Waals surface area contributed by atoms with Gasteiger partial charge in [-0.15, -0.1) is 0 Å². The second-order valence-electron chi connectivity index (χ2n) is 7.09. The fraction of sp³-hybridized carbons (Fsp3) is 0.526. The highest BCUT2D eigenvalue weighted by molar-refractivity contribution is 5.79. The smallest absolute Gasteiger partial charge is 0.237 e. The molecule has 1 saturated heterocycles. The fourth-order valence-corrected chi connectivity index (χ4v) is 3.29. The van der Waals surface area contributed by atoms with Crippen molar-refractivity contribution in [3.05, 3.63) is 47.6 Å². The van der Waals surface area contributed by atoms with E-state index in [2.05, 4.69) is 24.0 Å². The highest BCUT2D eigenvalue weighted by atomic mass is 16.5. The molecule has 1 aliphatic heterocycles. The van der Waals surface area contributed by atoms with Crippen LogP contribution in [0.3, 0.4) is 0 Å². The highest BCUT2D eigenvalue weighted by Gasteiger charge is 2.32. The average molecular weight is 342 g/mol. The summed E-state index contributed by atoms with van der Waals surface area (Å²) >= 11 is 0. The van der Waals surface area contributed by atoms with Crippen LogP contribution in [-0.4, -0.2) is 46.0 Å². The van der Waals surface area contributed by atoms with E-state index >= 15 is 0 Å². The van der Waals surface area contributed by atoms with Crippen molar-refractivity contribution in [2.75, 3.05) is 20.1 Å². The molecule has 1 atom stereocenters. The van der Waals surface area contributed by atoms with Crippen LogP contribution in [0.2, 0.25) is 0 Å². The van der Waals surface area contributed by atoms with Crippen molar-refractivity contribution in [2.45, 2.75) is 45.2 Å². The van der Waals surface area contributed by atoms with Crippen LogP contribution in [0, 0.1) is 0 Å². The molecule has 0 bridgehead atoms. The first-order valence-corrected chi connectivity index (χ1v) is 8.88. The van der Waals surface area contributed by atoms with Crippen LogP contribution in [0.4, 0.5) is 0 Å². The monoisotopic (exact) mass is 342 g/mol. The number of pyridine rings is 1. The van der Waals surface area contributed by atoms with E-state index in [1.807, 2.05) is 41.2 Å². The number of likely N-dealkylation sites (N-methyl/N-ethyl adjacent to an activating group) is 1. The van der Waals surface area contributed by atoms with Crippen molar-refractivity contribution >= 4 is 5.91 Å². The van der Waals surface area contributed by atoms with Gasteiger partial charge in [-0.25, -0.2) is 0 Å². The standard InChI is InChI=1S/C19H26N4O2/c1-14(2)18-10-16(21-25-18)17-7-5-9-23(17)19(24)13-22(3)12-15-6-4-8-20-11-15/h4,6,8,10-11,14,17H,5,7,9,12-13H2,1-3H3. The second kappa shape index (κ2) is 7.78.